The van der Waals surface area contributed by atoms with E-state index in [0.29, 0.717) is 6.04 Å². The normalized spacial score (nSPS) is 11.3. The highest BCUT2D eigenvalue weighted by Crippen LogP contribution is 2.20. The lowest BCUT2D eigenvalue weighted by atomic mass is 10.1. The fourth-order valence-electron chi connectivity index (χ4n) is 1.43. The molecule has 18 heavy (non-hydrogen) atoms. The summed E-state index contributed by atoms with van der Waals surface area (Å²) in [6.07, 6.45) is 5.35. The van der Waals surface area contributed by atoms with Crippen LogP contribution in [0, 0.1) is 0 Å². The maximum Gasteiger partial charge on any atom is 0.0924 e. The SMILES string of the molecule is CC(C)N(C)C=Nc1ccc(-c2cnc[nH]2)cc1. The van der Waals surface area contributed by atoms with Gasteiger partial charge in [0.25, 0.3) is 0 Å². The predicted molar refractivity (Wildman–Crippen MR) is 75.1 cm³/mol. The first kappa shape index (κ1) is 12.4. The van der Waals surface area contributed by atoms with Gasteiger partial charge in [0.2, 0.25) is 0 Å². The van der Waals surface area contributed by atoms with Crippen molar-refractivity contribution in [3.63, 3.8) is 0 Å². The lowest BCUT2D eigenvalue weighted by molar-refractivity contribution is 0.429. The van der Waals surface area contributed by atoms with Gasteiger partial charge in [0.15, 0.2) is 0 Å². The molecular formula is C14H18N4. The number of rotatable bonds is 4. The summed E-state index contributed by atoms with van der Waals surface area (Å²) in [6, 6.07) is 8.53. The van der Waals surface area contributed by atoms with E-state index in [1.165, 1.54) is 0 Å². The van der Waals surface area contributed by atoms with Crippen molar-refractivity contribution in [2.24, 2.45) is 4.99 Å². The first-order chi connectivity index (χ1) is 8.66. The van der Waals surface area contributed by atoms with Crippen molar-refractivity contribution in [3.8, 4) is 11.3 Å². The van der Waals surface area contributed by atoms with Crippen molar-refractivity contribution in [2.45, 2.75) is 19.9 Å². The van der Waals surface area contributed by atoms with E-state index in [9.17, 15) is 0 Å². The molecule has 1 aromatic heterocycles. The number of hydrogen-bond donors (Lipinski definition) is 1. The number of nitrogens with one attached hydrogen (secondary N) is 1. The van der Waals surface area contributed by atoms with Crippen LogP contribution >= 0.6 is 0 Å². The summed E-state index contributed by atoms with van der Waals surface area (Å²) >= 11 is 0. The molecule has 0 aliphatic rings. The summed E-state index contributed by atoms with van der Waals surface area (Å²) in [5, 5.41) is 0. The van der Waals surface area contributed by atoms with Gasteiger partial charge in [0, 0.05) is 13.1 Å². The molecule has 0 saturated heterocycles. The Bertz CT molecular complexity index is 497. The summed E-state index contributed by atoms with van der Waals surface area (Å²) in [6.45, 7) is 4.26. The molecule has 0 unspecified atom stereocenters. The Hall–Kier alpha value is -2.10. The van der Waals surface area contributed by atoms with Crippen LogP contribution in [0.4, 0.5) is 5.69 Å². The van der Waals surface area contributed by atoms with Crippen molar-refractivity contribution in [1.29, 1.82) is 0 Å². The van der Waals surface area contributed by atoms with E-state index < -0.39 is 0 Å². The van der Waals surface area contributed by atoms with Gasteiger partial charge in [-0.15, -0.1) is 0 Å². The van der Waals surface area contributed by atoms with Crippen LogP contribution < -0.4 is 0 Å². The Labute approximate surface area is 107 Å². The van der Waals surface area contributed by atoms with Gasteiger partial charge in [-0.3, -0.25) is 0 Å². The third-order valence-electron chi connectivity index (χ3n) is 2.88. The molecule has 2 rings (SSSR count). The van der Waals surface area contributed by atoms with Crippen molar-refractivity contribution in [3.05, 3.63) is 36.8 Å². The molecule has 1 aromatic carbocycles. The largest absolute Gasteiger partial charge is 0.363 e. The molecule has 1 N–H and O–H groups in total. The van der Waals surface area contributed by atoms with Crippen molar-refractivity contribution < 1.29 is 0 Å². The number of hydrogen-bond acceptors (Lipinski definition) is 2. The second-order valence-corrected chi connectivity index (χ2v) is 4.52. The van der Waals surface area contributed by atoms with E-state index in [-0.39, 0.29) is 0 Å². The van der Waals surface area contributed by atoms with Gasteiger partial charge in [-0.2, -0.15) is 0 Å². The van der Waals surface area contributed by atoms with E-state index in [0.717, 1.165) is 16.9 Å². The van der Waals surface area contributed by atoms with Crippen LogP contribution in [-0.2, 0) is 0 Å². The first-order valence-electron chi connectivity index (χ1n) is 6.02. The van der Waals surface area contributed by atoms with Crippen LogP contribution in [-0.4, -0.2) is 34.3 Å². The summed E-state index contributed by atoms with van der Waals surface area (Å²) in [5.41, 5.74) is 3.08. The summed E-state index contributed by atoms with van der Waals surface area (Å²) in [4.78, 5) is 13.6. The number of aromatic amines is 1. The number of aromatic nitrogens is 2. The van der Waals surface area contributed by atoms with Crippen LogP contribution in [0.3, 0.4) is 0 Å². The maximum absolute atomic E-state index is 4.42. The van der Waals surface area contributed by atoms with Crippen molar-refractivity contribution in [1.82, 2.24) is 14.9 Å². The second-order valence-electron chi connectivity index (χ2n) is 4.52. The number of imidazole rings is 1. The molecule has 0 amide bonds. The zero-order valence-electron chi connectivity index (χ0n) is 11.0. The third-order valence-corrected chi connectivity index (χ3v) is 2.88. The first-order valence-corrected chi connectivity index (χ1v) is 6.02. The molecule has 0 aliphatic heterocycles. The molecule has 2 aromatic rings. The zero-order chi connectivity index (χ0) is 13.0. The lowest BCUT2D eigenvalue weighted by Crippen LogP contribution is -2.24. The van der Waals surface area contributed by atoms with Gasteiger partial charge in [-0.05, 0) is 31.5 Å². The molecular weight excluding hydrogens is 224 g/mol. The molecule has 4 nitrogen and oxygen atoms in total. The monoisotopic (exact) mass is 242 g/mol. The Kier molecular flexibility index (Phi) is 3.77. The minimum Gasteiger partial charge on any atom is -0.363 e. The van der Waals surface area contributed by atoms with Crippen LogP contribution in [0.25, 0.3) is 11.3 Å². The molecule has 1 heterocycles. The van der Waals surface area contributed by atoms with Gasteiger partial charge < -0.3 is 9.88 Å². The minimum atomic E-state index is 0.456. The molecule has 94 valence electrons. The molecule has 4 heteroatoms. The fourth-order valence-corrected chi connectivity index (χ4v) is 1.43. The highest BCUT2D eigenvalue weighted by atomic mass is 15.1. The Morgan fingerprint density at radius 2 is 2.00 bits per heavy atom. The smallest absolute Gasteiger partial charge is 0.0924 e. The standard InChI is InChI=1S/C14H18N4/c1-11(2)18(3)10-17-13-6-4-12(5-7-13)14-8-15-9-16-14/h4-11H,1-3H3,(H,15,16). The molecule has 0 radical (unpaired) electrons. The van der Waals surface area contributed by atoms with E-state index in [1.807, 2.05) is 43.8 Å². The van der Waals surface area contributed by atoms with Crippen LogP contribution in [0.1, 0.15) is 13.8 Å². The second kappa shape index (κ2) is 5.49. The summed E-state index contributed by atoms with van der Waals surface area (Å²) < 4.78 is 0. The molecule has 0 bridgehead atoms. The highest BCUT2D eigenvalue weighted by molar-refractivity contribution is 5.65. The Balaban J connectivity index is 2.09. The lowest BCUT2D eigenvalue weighted by Gasteiger charge is -2.17. The minimum absolute atomic E-state index is 0.456. The molecule has 0 saturated carbocycles. The number of H-pyrrole nitrogens is 1. The quantitative estimate of drug-likeness (QED) is 0.661. The topological polar surface area (TPSA) is 44.3 Å². The van der Waals surface area contributed by atoms with Gasteiger partial charge in [-0.1, -0.05) is 12.1 Å². The Morgan fingerprint density at radius 3 is 2.56 bits per heavy atom. The molecule has 0 aliphatic carbocycles. The Morgan fingerprint density at radius 1 is 1.28 bits per heavy atom. The van der Waals surface area contributed by atoms with E-state index in [4.69, 9.17) is 0 Å². The van der Waals surface area contributed by atoms with Gasteiger partial charge in [0.1, 0.15) is 0 Å². The average molecular weight is 242 g/mol. The van der Waals surface area contributed by atoms with Crippen LogP contribution in [0.15, 0.2) is 41.8 Å². The number of benzene rings is 1. The summed E-state index contributed by atoms with van der Waals surface area (Å²) in [7, 11) is 2.02. The average Bonchev–Trinajstić information content (AvgIpc) is 2.90. The predicted octanol–water partition coefficient (Wildman–Crippen LogP) is 3.08. The van der Waals surface area contributed by atoms with Gasteiger partial charge in [-0.25, -0.2) is 9.98 Å². The highest BCUT2D eigenvalue weighted by Gasteiger charge is 1.99. The third kappa shape index (κ3) is 2.97. The van der Waals surface area contributed by atoms with E-state index in [1.54, 1.807) is 6.33 Å². The number of nitrogens with zero attached hydrogens (tertiary/aromatic N) is 3. The van der Waals surface area contributed by atoms with Gasteiger partial charge in [0.05, 0.1) is 30.2 Å². The van der Waals surface area contributed by atoms with Crippen LogP contribution in [0.5, 0.6) is 0 Å². The van der Waals surface area contributed by atoms with Crippen molar-refractivity contribution >= 4 is 12.0 Å². The molecule has 0 fully saturated rings. The van der Waals surface area contributed by atoms with Gasteiger partial charge >= 0.3 is 0 Å². The maximum atomic E-state index is 4.42. The number of aliphatic imine (C=N–C) groups is 1. The van der Waals surface area contributed by atoms with Crippen LogP contribution in [0.2, 0.25) is 0 Å². The van der Waals surface area contributed by atoms with E-state index >= 15 is 0 Å². The zero-order valence-corrected chi connectivity index (χ0v) is 11.0. The summed E-state index contributed by atoms with van der Waals surface area (Å²) in [5.74, 6) is 0. The molecule has 0 spiro atoms. The van der Waals surface area contributed by atoms with Crippen molar-refractivity contribution in [2.75, 3.05) is 7.05 Å². The fraction of sp³-hybridized carbons (Fsp3) is 0.286. The van der Waals surface area contributed by atoms with E-state index in [2.05, 4.69) is 33.7 Å². The molecule has 0 atom stereocenters.